The molecule has 0 fully saturated rings. The summed E-state index contributed by atoms with van der Waals surface area (Å²) in [7, 11) is 0. The maximum Gasteiger partial charge on any atom is 0.315 e. The molecule has 2 rings (SSSR count). The van der Waals surface area contributed by atoms with Gasteiger partial charge in [-0.1, -0.05) is 35.4 Å². The predicted octanol–water partition coefficient (Wildman–Crippen LogP) is 1.89. The largest absolute Gasteiger partial charge is 0.406 e. The summed E-state index contributed by atoms with van der Waals surface area (Å²) in [5.41, 5.74) is 7.22. The Labute approximate surface area is 124 Å². The SMILES string of the molecule is N[C@H](Cc1ccccc1)c1nnc(NCCCCCO)o1. The van der Waals surface area contributed by atoms with Gasteiger partial charge in [-0.3, -0.25) is 0 Å². The molecule has 1 atom stereocenters. The van der Waals surface area contributed by atoms with Gasteiger partial charge in [0.25, 0.3) is 0 Å². The number of benzene rings is 1. The molecule has 0 aliphatic heterocycles. The molecule has 0 spiro atoms. The number of nitrogens with two attached hydrogens (primary N) is 1. The smallest absolute Gasteiger partial charge is 0.315 e. The molecule has 0 unspecified atom stereocenters. The first-order chi connectivity index (χ1) is 10.3. The second-order valence-corrected chi connectivity index (χ2v) is 4.95. The van der Waals surface area contributed by atoms with Gasteiger partial charge >= 0.3 is 6.01 Å². The van der Waals surface area contributed by atoms with Crippen LogP contribution in [0.1, 0.15) is 36.8 Å². The van der Waals surface area contributed by atoms with Gasteiger partial charge in [0.2, 0.25) is 5.89 Å². The number of nitrogens with zero attached hydrogens (tertiary/aromatic N) is 2. The van der Waals surface area contributed by atoms with E-state index in [0.717, 1.165) is 31.4 Å². The second-order valence-electron chi connectivity index (χ2n) is 4.95. The van der Waals surface area contributed by atoms with Crippen molar-refractivity contribution in [2.24, 2.45) is 5.73 Å². The molecule has 0 aliphatic rings. The van der Waals surface area contributed by atoms with E-state index >= 15 is 0 Å². The number of aromatic nitrogens is 2. The Bertz CT molecular complexity index is 515. The van der Waals surface area contributed by atoms with Crippen LogP contribution in [0.3, 0.4) is 0 Å². The van der Waals surface area contributed by atoms with E-state index in [1.165, 1.54) is 0 Å². The number of hydrogen-bond acceptors (Lipinski definition) is 6. The van der Waals surface area contributed by atoms with Crippen molar-refractivity contribution < 1.29 is 9.52 Å². The normalized spacial score (nSPS) is 12.3. The third kappa shape index (κ3) is 5.17. The van der Waals surface area contributed by atoms with Gasteiger partial charge in [0.1, 0.15) is 0 Å². The van der Waals surface area contributed by atoms with Crippen molar-refractivity contribution in [1.82, 2.24) is 10.2 Å². The number of unbranched alkanes of at least 4 members (excludes halogenated alkanes) is 2. The zero-order chi connectivity index (χ0) is 14.9. The third-order valence-electron chi connectivity index (χ3n) is 3.17. The molecule has 0 bridgehead atoms. The monoisotopic (exact) mass is 290 g/mol. The molecule has 0 saturated carbocycles. The molecule has 114 valence electrons. The number of aliphatic hydroxyl groups is 1. The zero-order valence-electron chi connectivity index (χ0n) is 12.0. The highest BCUT2D eigenvalue weighted by Gasteiger charge is 2.14. The Morgan fingerprint density at radius 1 is 1.14 bits per heavy atom. The fourth-order valence-corrected chi connectivity index (χ4v) is 2.02. The maximum absolute atomic E-state index is 8.69. The molecule has 0 amide bonds. The average Bonchev–Trinajstić information content (AvgIpc) is 2.97. The van der Waals surface area contributed by atoms with Crippen molar-refractivity contribution in [2.75, 3.05) is 18.5 Å². The number of nitrogens with one attached hydrogen (secondary N) is 1. The molecule has 6 heteroatoms. The van der Waals surface area contributed by atoms with Gasteiger partial charge in [-0.15, -0.1) is 5.10 Å². The Morgan fingerprint density at radius 2 is 1.95 bits per heavy atom. The van der Waals surface area contributed by atoms with E-state index in [1.807, 2.05) is 30.3 Å². The Balaban J connectivity index is 1.79. The van der Waals surface area contributed by atoms with Crippen LogP contribution in [0.15, 0.2) is 34.7 Å². The van der Waals surface area contributed by atoms with E-state index in [1.54, 1.807) is 0 Å². The number of anilines is 1. The van der Waals surface area contributed by atoms with Crippen LogP contribution in [-0.4, -0.2) is 28.5 Å². The van der Waals surface area contributed by atoms with Crippen LogP contribution < -0.4 is 11.1 Å². The molecule has 6 nitrogen and oxygen atoms in total. The molecule has 0 aliphatic carbocycles. The summed E-state index contributed by atoms with van der Waals surface area (Å²) in [6, 6.07) is 10.1. The summed E-state index contributed by atoms with van der Waals surface area (Å²) in [4.78, 5) is 0. The van der Waals surface area contributed by atoms with Crippen molar-refractivity contribution in [1.29, 1.82) is 0 Å². The standard InChI is InChI=1S/C15H22N4O2/c16-13(11-12-7-3-1-4-8-12)14-18-19-15(21-14)17-9-5-2-6-10-20/h1,3-4,7-8,13,20H,2,5-6,9-11,16H2,(H,17,19)/t13-/m1/s1. The van der Waals surface area contributed by atoms with E-state index in [0.29, 0.717) is 18.3 Å². The van der Waals surface area contributed by atoms with Gasteiger partial charge in [-0.2, -0.15) is 0 Å². The molecule has 1 heterocycles. The van der Waals surface area contributed by atoms with Gasteiger partial charge in [0.15, 0.2) is 0 Å². The fourth-order valence-electron chi connectivity index (χ4n) is 2.02. The van der Waals surface area contributed by atoms with E-state index < -0.39 is 0 Å². The van der Waals surface area contributed by atoms with E-state index in [2.05, 4.69) is 15.5 Å². The molecule has 2 aromatic rings. The number of rotatable bonds is 9. The van der Waals surface area contributed by atoms with Crippen LogP contribution in [0.4, 0.5) is 6.01 Å². The first-order valence-electron chi connectivity index (χ1n) is 7.27. The fraction of sp³-hybridized carbons (Fsp3) is 0.467. The Morgan fingerprint density at radius 3 is 2.71 bits per heavy atom. The maximum atomic E-state index is 8.69. The quantitative estimate of drug-likeness (QED) is 0.610. The number of aliphatic hydroxyl groups excluding tert-OH is 1. The van der Waals surface area contributed by atoms with Gasteiger partial charge in [0, 0.05) is 13.2 Å². The topological polar surface area (TPSA) is 97.2 Å². The summed E-state index contributed by atoms with van der Waals surface area (Å²) < 4.78 is 5.52. The second kappa shape index (κ2) is 8.39. The van der Waals surface area contributed by atoms with Gasteiger partial charge in [0.05, 0.1) is 6.04 Å². The van der Waals surface area contributed by atoms with Crippen LogP contribution in [0.2, 0.25) is 0 Å². The van der Waals surface area contributed by atoms with E-state index in [4.69, 9.17) is 15.3 Å². The minimum atomic E-state index is -0.301. The van der Waals surface area contributed by atoms with Gasteiger partial charge in [-0.05, 0) is 31.2 Å². The Kier molecular flexibility index (Phi) is 6.18. The Hall–Kier alpha value is -1.92. The molecule has 4 N–H and O–H groups in total. The van der Waals surface area contributed by atoms with Crippen molar-refractivity contribution >= 4 is 6.01 Å². The van der Waals surface area contributed by atoms with Crippen LogP contribution in [0.25, 0.3) is 0 Å². The molecule has 0 radical (unpaired) electrons. The first-order valence-corrected chi connectivity index (χ1v) is 7.27. The number of hydrogen-bond donors (Lipinski definition) is 3. The highest BCUT2D eigenvalue weighted by Crippen LogP contribution is 2.16. The van der Waals surface area contributed by atoms with Gasteiger partial charge in [-0.25, -0.2) is 0 Å². The highest BCUT2D eigenvalue weighted by atomic mass is 16.4. The van der Waals surface area contributed by atoms with Crippen molar-refractivity contribution in [3.8, 4) is 0 Å². The lowest BCUT2D eigenvalue weighted by Gasteiger charge is -2.06. The minimum Gasteiger partial charge on any atom is -0.406 e. The van der Waals surface area contributed by atoms with Crippen LogP contribution in [0, 0.1) is 0 Å². The molecular weight excluding hydrogens is 268 g/mol. The lowest BCUT2D eigenvalue weighted by atomic mass is 10.1. The average molecular weight is 290 g/mol. The molecule has 21 heavy (non-hydrogen) atoms. The molecule has 1 aromatic carbocycles. The molecular formula is C15H22N4O2. The lowest BCUT2D eigenvalue weighted by molar-refractivity contribution is 0.283. The first kappa shape index (κ1) is 15.5. The van der Waals surface area contributed by atoms with Gasteiger partial charge < -0.3 is 20.6 Å². The van der Waals surface area contributed by atoms with E-state index in [-0.39, 0.29) is 12.6 Å². The third-order valence-corrected chi connectivity index (χ3v) is 3.17. The summed E-state index contributed by atoms with van der Waals surface area (Å²) in [6.07, 6.45) is 3.41. The minimum absolute atomic E-state index is 0.235. The van der Waals surface area contributed by atoms with Crippen molar-refractivity contribution in [3.63, 3.8) is 0 Å². The lowest BCUT2D eigenvalue weighted by Crippen LogP contribution is -2.13. The van der Waals surface area contributed by atoms with Crippen LogP contribution in [0.5, 0.6) is 0 Å². The van der Waals surface area contributed by atoms with Crippen LogP contribution >= 0.6 is 0 Å². The predicted molar refractivity (Wildman–Crippen MR) is 80.8 cm³/mol. The molecule has 1 aromatic heterocycles. The van der Waals surface area contributed by atoms with Crippen LogP contribution in [-0.2, 0) is 6.42 Å². The molecule has 0 saturated heterocycles. The van der Waals surface area contributed by atoms with Crippen molar-refractivity contribution in [2.45, 2.75) is 31.7 Å². The van der Waals surface area contributed by atoms with E-state index in [9.17, 15) is 0 Å². The zero-order valence-corrected chi connectivity index (χ0v) is 12.0. The summed E-state index contributed by atoms with van der Waals surface area (Å²) in [6.45, 7) is 0.981. The summed E-state index contributed by atoms with van der Waals surface area (Å²) in [5.74, 6) is 0.441. The summed E-state index contributed by atoms with van der Waals surface area (Å²) in [5, 5.41) is 19.7. The highest BCUT2D eigenvalue weighted by molar-refractivity contribution is 5.19. The van der Waals surface area contributed by atoms with Crippen molar-refractivity contribution in [3.05, 3.63) is 41.8 Å². The summed E-state index contributed by atoms with van der Waals surface area (Å²) >= 11 is 0.